The molecule has 0 radical (unpaired) electrons. The number of aliphatic carboxylic acids is 1. The Hall–Kier alpha value is -1.80. The Morgan fingerprint density at radius 3 is 2.62 bits per heavy atom. The summed E-state index contributed by atoms with van der Waals surface area (Å²) in [5, 5.41) is 11.4. The van der Waals surface area contributed by atoms with E-state index in [0.717, 1.165) is 4.88 Å². The lowest BCUT2D eigenvalue weighted by atomic mass is 10.1. The van der Waals surface area contributed by atoms with Crippen molar-refractivity contribution in [2.24, 2.45) is 5.73 Å². The van der Waals surface area contributed by atoms with E-state index < -0.39 is 23.9 Å². The van der Waals surface area contributed by atoms with Crippen molar-refractivity contribution >= 4 is 40.8 Å². The number of nitrogens with two attached hydrogens (primary N) is 1. The zero-order valence-corrected chi connectivity index (χ0v) is 12.9. The van der Waals surface area contributed by atoms with Gasteiger partial charge in [-0.1, -0.05) is 11.6 Å². The molecule has 21 heavy (non-hydrogen) atoms. The molecule has 1 aromatic rings. The van der Waals surface area contributed by atoms with Crippen molar-refractivity contribution < 1.29 is 19.5 Å². The zero-order chi connectivity index (χ0) is 16.0. The Labute approximate surface area is 130 Å². The first-order chi connectivity index (χ1) is 9.79. The van der Waals surface area contributed by atoms with Crippen LogP contribution >= 0.6 is 22.9 Å². The Bertz CT molecular complexity index is 534. The summed E-state index contributed by atoms with van der Waals surface area (Å²) in [6.45, 7) is 0.311. The molecule has 1 atom stereocenters. The number of amides is 3. The van der Waals surface area contributed by atoms with Gasteiger partial charge in [-0.05, 0) is 18.6 Å². The fourth-order valence-electron chi connectivity index (χ4n) is 1.55. The number of nitrogens with zero attached hydrogens (tertiary/aromatic N) is 1. The van der Waals surface area contributed by atoms with Crippen LogP contribution in [-0.4, -0.2) is 41.0 Å². The van der Waals surface area contributed by atoms with Crippen LogP contribution in [0.2, 0.25) is 4.34 Å². The quantitative estimate of drug-likeness (QED) is 0.697. The molecule has 0 aliphatic heterocycles. The second-order valence-electron chi connectivity index (χ2n) is 4.41. The number of carbonyl (C=O) groups excluding carboxylic acids is 2. The van der Waals surface area contributed by atoms with Gasteiger partial charge in [0, 0.05) is 18.3 Å². The van der Waals surface area contributed by atoms with E-state index in [1.165, 1.54) is 23.3 Å². The Morgan fingerprint density at radius 1 is 1.48 bits per heavy atom. The molecule has 0 saturated carbocycles. The third-order valence-electron chi connectivity index (χ3n) is 2.64. The highest BCUT2D eigenvalue weighted by atomic mass is 35.5. The van der Waals surface area contributed by atoms with E-state index in [9.17, 15) is 14.4 Å². The highest BCUT2D eigenvalue weighted by Gasteiger charge is 2.22. The number of thiophene rings is 1. The molecule has 0 fully saturated rings. The maximum absolute atomic E-state index is 11.9. The monoisotopic (exact) mass is 333 g/mol. The Kier molecular flexibility index (Phi) is 6.44. The van der Waals surface area contributed by atoms with Gasteiger partial charge in [0.25, 0.3) is 0 Å². The molecule has 0 spiro atoms. The van der Waals surface area contributed by atoms with Crippen LogP contribution in [0.25, 0.3) is 0 Å². The molecule has 0 aromatic carbocycles. The predicted octanol–water partition coefficient (Wildman–Crippen LogP) is 1.26. The number of primary amides is 1. The molecule has 3 amide bonds. The summed E-state index contributed by atoms with van der Waals surface area (Å²) in [5.41, 5.74) is 4.97. The molecular formula is C12H16ClN3O4S. The fraction of sp³-hybridized carbons (Fsp3) is 0.417. The highest BCUT2D eigenvalue weighted by Crippen LogP contribution is 2.22. The summed E-state index contributed by atoms with van der Waals surface area (Å²) in [6.07, 6.45) is -0.156. The number of halogens is 1. The minimum Gasteiger partial charge on any atom is -0.480 e. The molecule has 4 N–H and O–H groups in total. The predicted molar refractivity (Wildman–Crippen MR) is 79.2 cm³/mol. The fourth-order valence-corrected chi connectivity index (χ4v) is 2.69. The summed E-state index contributed by atoms with van der Waals surface area (Å²) < 4.78 is 0.615. The highest BCUT2D eigenvalue weighted by molar-refractivity contribution is 7.16. The van der Waals surface area contributed by atoms with Crippen molar-refractivity contribution in [2.45, 2.75) is 25.4 Å². The van der Waals surface area contributed by atoms with E-state index in [4.69, 9.17) is 22.4 Å². The van der Waals surface area contributed by atoms with Crippen LogP contribution in [0, 0.1) is 0 Å². The van der Waals surface area contributed by atoms with Crippen LogP contribution in [0.4, 0.5) is 4.79 Å². The van der Waals surface area contributed by atoms with Gasteiger partial charge in [0.1, 0.15) is 6.04 Å². The third-order valence-corrected chi connectivity index (χ3v) is 3.86. The lowest BCUT2D eigenvalue weighted by Crippen LogP contribution is -2.46. The maximum Gasteiger partial charge on any atom is 0.326 e. The van der Waals surface area contributed by atoms with Gasteiger partial charge in [-0.25, -0.2) is 9.59 Å². The van der Waals surface area contributed by atoms with Crippen molar-refractivity contribution in [2.75, 3.05) is 7.05 Å². The number of nitrogens with one attached hydrogen (secondary N) is 1. The standard InChI is InChI=1S/C12H16ClN3O4S/c1-16(6-7-2-4-9(13)21-7)12(20)15-8(11(18)19)3-5-10(14)17/h2,4,8H,3,5-6H2,1H3,(H2,14,17)(H,15,20)(H,18,19)/t8-/m1/s1. The number of carbonyl (C=O) groups is 3. The molecule has 1 heterocycles. The van der Waals surface area contributed by atoms with E-state index in [1.807, 2.05) is 0 Å². The minimum atomic E-state index is -1.21. The van der Waals surface area contributed by atoms with Gasteiger partial charge in [-0.3, -0.25) is 4.79 Å². The van der Waals surface area contributed by atoms with Gasteiger partial charge in [0.2, 0.25) is 5.91 Å². The molecule has 0 aliphatic carbocycles. The van der Waals surface area contributed by atoms with Gasteiger partial charge in [-0.15, -0.1) is 11.3 Å². The molecule has 1 aromatic heterocycles. The van der Waals surface area contributed by atoms with Gasteiger partial charge < -0.3 is 21.1 Å². The van der Waals surface area contributed by atoms with Gasteiger partial charge >= 0.3 is 12.0 Å². The largest absolute Gasteiger partial charge is 0.480 e. The molecule has 0 bridgehead atoms. The molecular weight excluding hydrogens is 318 g/mol. The Balaban J connectivity index is 2.55. The molecule has 0 saturated heterocycles. The molecule has 0 aliphatic rings. The van der Waals surface area contributed by atoms with E-state index in [2.05, 4.69) is 5.32 Å². The van der Waals surface area contributed by atoms with E-state index in [1.54, 1.807) is 12.1 Å². The van der Waals surface area contributed by atoms with Crippen molar-refractivity contribution in [1.29, 1.82) is 0 Å². The molecule has 7 nitrogen and oxygen atoms in total. The maximum atomic E-state index is 11.9. The van der Waals surface area contributed by atoms with E-state index in [-0.39, 0.29) is 12.8 Å². The molecule has 9 heteroatoms. The van der Waals surface area contributed by atoms with Crippen molar-refractivity contribution in [3.8, 4) is 0 Å². The topological polar surface area (TPSA) is 113 Å². The lowest BCUT2D eigenvalue weighted by Gasteiger charge is -2.20. The minimum absolute atomic E-state index is 0.0466. The summed E-state index contributed by atoms with van der Waals surface area (Å²) >= 11 is 7.14. The number of carboxylic acid groups (broad SMARTS) is 1. The third kappa shape index (κ3) is 6.01. The van der Waals surface area contributed by atoms with Crippen LogP contribution in [0.1, 0.15) is 17.7 Å². The first kappa shape index (κ1) is 17.3. The summed E-state index contributed by atoms with van der Waals surface area (Å²) in [7, 11) is 1.54. The first-order valence-electron chi connectivity index (χ1n) is 6.06. The number of urea groups is 1. The van der Waals surface area contributed by atoms with Crippen molar-refractivity contribution in [3.63, 3.8) is 0 Å². The van der Waals surface area contributed by atoms with Crippen molar-refractivity contribution in [1.82, 2.24) is 10.2 Å². The Morgan fingerprint density at radius 2 is 2.14 bits per heavy atom. The zero-order valence-electron chi connectivity index (χ0n) is 11.3. The van der Waals surface area contributed by atoms with Gasteiger partial charge in [0.15, 0.2) is 0 Å². The smallest absolute Gasteiger partial charge is 0.326 e. The van der Waals surface area contributed by atoms with Crippen LogP contribution in [-0.2, 0) is 16.1 Å². The number of hydrogen-bond donors (Lipinski definition) is 3. The summed E-state index contributed by atoms with van der Waals surface area (Å²) in [4.78, 5) is 35.8. The molecule has 116 valence electrons. The normalized spacial score (nSPS) is 11.7. The lowest BCUT2D eigenvalue weighted by molar-refractivity contribution is -0.139. The van der Waals surface area contributed by atoms with Crippen LogP contribution in [0.3, 0.4) is 0 Å². The summed E-state index contributed by atoms with van der Waals surface area (Å²) in [5.74, 6) is -1.82. The van der Waals surface area contributed by atoms with E-state index in [0.29, 0.717) is 10.9 Å². The van der Waals surface area contributed by atoms with Crippen LogP contribution < -0.4 is 11.1 Å². The second-order valence-corrected chi connectivity index (χ2v) is 6.21. The SMILES string of the molecule is CN(Cc1ccc(Cl)s1)C(=O)N[C@H](CCC(N)=O)C(=O)O. The second kappa shape index (κ2) is 7.84. The number of hydrogen-bond acceptors (Lipinski definition) is 4. The molecule has 0 unspecified atom stereocenters. The van der Waals surface area contributed by atoms with E-state index >= 15 is 0 Å². The van der Waals surface area contributed by atoms with Crippen molar-refractivity contribution in [3.05, 3.63) is 21.3 Å². The van der Waals surface area contributed by atoms with Gasteiger partial charge in [-0.2, -0.15) is 0 Å². The molecule has 1 rings (SSSR count). The van der Waals surface area contributed by atoms with Gasteiger partial charge in [0.05, 0.1) is 10.9 Å². The average Bonchev–Trinajstić information content (AvgIpc) is 2.78. The van der Waals surface area contributed by atoms with Crippen LogP contribution in [0.15, 0.2) is 12.1 Å². The number of carboxylic acids is 1. The number of rotatable bonds is 7. The average molecular weight is 334 g/mol. The summed E-state index contributed by atoms with van der Waals surface area (Å²) in [6, 6.07) is 1.81. The van der Waals surface area contributed by atoms with Crippen LogP contribution in [0.5, 0.6) is 0 Å². The first-order valence-corrected chi connectivity index (χ1v) is 7.26.